The van der Waals surface area contributed by atoms with Gasteiger partial charge in [0.1, 0.15) is 15.7 Å². The first-order valence-electron chi connectivity index (χ1n) is 10.1. The minimum atomic E-state index is -0.185. The van der Waals surface area contributed by atoms with Crippen LogP contribution in [0.5, 0.6) is 5.88 Å². The van der Waals surface area contributed by atoms with Crippen LogP contribution in [0.15, 0.2) is 35.4 Å². The highest BCUT2D eigenvalue weighted by Crippen LogP contribution is 2.29. The molecule has 0 atom stereocenters. The van der Waals surface area contributed by atoms with Gasteiger partial charge in [0.15, 0.2) is 0 Å². The number of ether oxygens (including phenoxy) is 1. The van der Waals surface area contributed by atoms with Crippen LogP contribution in [0.4, 0.5) is 5.69 Å². The Morgan fingerprint density at radius 3 is 2.57 bits per heavy atom. The predicted molar refractivity (Wildman–Crippen MR) is 120 cm³/mol. The second kappa shape index (κ2) is 12.0. The van der Waals surface area contributed by atoms with Gasteiger partial charge >= 0.3 is 0 Å². The summed E-state index contributed by atoms with van der Waals surface area (Å²) in [7, 11) is 1.62. The van der Waals surface area contributed by atoms with Crippen LogP contribution in [0.3, 0.4) is 0 Å². The molecule has 3 aromatic rings. The van der Waals surface area contributed by atoms with Crippen molar-refractivity contribution in [1.82, 2.24) is 25.0 Å². The standard InChI is InChI=1S/C13H17N5O2S.C6H7N.C2H6/c1-8-15-16-12(21-8)6-14-10-5-11(17-18(2)13(10)19)20-7-9-3-4-9;1-6-3-2-4-7-5-6;1-2/h5,9,14H,3-4,6-7H2,1-2H3;2-5H,1H3;1-2H3. The number of anilines is 1. The van der Waals surface area contributed by atoms with Gasteiger partial charge in [-0.15, -0.1) is 15.3 Å². The number of aryl methyl sites for hydroxylation is 3. The zero-order valence-electron chi connectivity index (χ0n) is 18.3. The molecule has 1 saturated carbocycles. The van der Waals surface area contributed by atoms with E-state index in [1.54, 1.807) is 19.3 Å². The highest BCUT2D eigenvalue weighted by molar-refractivity contribution is 7.11. The molecule has 9 heteroatoms. The number of aromatic nitrogens is 5. The Hall–Kier alpha value is -2.81. The molecular weight excluding hydrogens is 400 g/mol. The summed E-state index contributed by atoms with van der Waals surface area (Å²) in [4.78, 5) is 15.9. The molecule has 0 amide bonds. The van der Waals surface area contributed by atoms with Gasteiger partial charge < -0.3 is 10.1 Å². The molecule has 1 aliphatic carbocycles. The van der Waals surface area contributed by atoms with Crippen molar-refractivity contribution in [2.45, 2.75) is 47.1 Å². The number of rotatable bonds is 6. The maximum absolute atomic E-state index is 12.0. The minimum Gasteiger partial charge on any atom is -0.476 e. The topological polar surface area (TPSA) is 94.8 Å². The summed E-state index contributed by atoms with van der Waals surface area (Å²) in [5, 5.41) is 16.9. The van der Waals surface area contributed by atoms with Crippen molar-refractivity contribution >= 4 is 17.0 Å². The van der Waals surface area contributed by atoms with Crippen LogP contribution in [-0.4, -0.2) is 31.6 Å². The fraction of sp³-hybridized carbons (Fsp3) is 0.476. The van der Waals surface area contributed by atoms with Gasteiger partial charge in [0.2, 0.25) is 5.88 Å². The van der Waals surface area contributed by atoms with Gasteiger partial charge in [-0.1, -0.05) is 31.3 Å². The van der Waals surface area contributed by atoms with E-state index in [0.29, 0.717) is 30.6 Å². The first-order valence-corrected chi connectivity index (χ1v) is 10.9. The van der Waals surface area contributed by atoms with Gasteiger partial charge in [0, 0.05) is 25.5 Å². The lowest BCUT2D eigenvalue weighted by molar-refractivity contribution is 0.281. The molecule has 4 rings (SSSR count). The van der Waals surface area contributed by atoms with Gasteiger partial charge in [-0.05, 0) is 44.2 Å². The summed E-state index contributed by atoms with van der Waals surface area (Å²) in [6.45, 7) is 9.05. The zero-order chi connectivity index (χ0) is 21.9. The normalized spacial score (nSPS) is 12.2. The molecule has 0 unspecified atom stereocenters. The number of hydrogen-bond donors (Lipinski definition) is 1. The van der Waals surface area contributed by atoms with Gasteiger partial charge in [0.05, 0.1) is 13.2 Å². The summed E-state index contributed by atoms with van der Waals surface area (Å²) < 4.78 is 6.91. The summed E-state index contributed by atoms with van der Waals surface area (Å²) in [5.41, 5.74) is 1.49. The van der Waals surface area contributed by atoms with Crippen LogP contribution in [0.1, 0.15) is 42.3 Å². The molecule has 3 aromatic heterocycles. The molecule has 162 valence electrons. The Labute approximate surface area is 181 Å². The van der Waals surface area contributed by atoms with Crippen LogP contribution in [0.25, 0.3) is 0 Å². The average Bonchev–Trinajstić information content (AvgIpc) is 3.50. The fourth-order valence-corrected chi connectivity index (χ4v) is 2.94. The maximum atomic E-state index is 12.0. The average molecular weight is 431 g/mol. The molecule has 1 N–H and O–H groups in total. The zero-order valence-corrected chi connectivity index (χ0v) is 19.1. The Balaban J connectivity index is 0.000000299. The molecule has 8 nitrogen and oxygen atoms in total. The van der Waals surface area contributed by atoms with Crippen molar-refractivity contribution in [3.8, 4) is 5.88 Å². The van der Waals surface area contributed by atoms with E-state index in [4.69, 9.17) is 4.74 Å². The molecule has 1 aliphatic rings. The lowest BCUT2D eigenvalue weighted by Crippen LogP contribution is -2.24. The molecular formula is C21H30N6O2S. The van der Waals surface area contributed by atoms with Crippen molar-refractivity contribution in [3.63, 3.8) is 0 Å². The SMILES string of the molecule is CC.Cc1cccnc1.Cc1nnc(CNc2cc(OCC3CC3)nn(C)c2=O)s1. The molecule has 0 aromatic carbocycles. The molecule has 0 aliphatic heterocycles. The number of nitrogens with zero attached hydrogens (tertiary/aromatic N) is 5. The Morgan fingerprint density at radius 1 is 1.27 bits per heavy atom. The van der Waals surface area contributed by atoms with Crippen molar-refractivity contribution in [1.29, 1.82) is 0 Å². The smallest absolute Gasteiger partial charge is 0.290 e. The quantitative estimate of drug-likeness (QED) is 0.636. The van der Waals surface area contributed by atoms with Crippen LogP contribution >= 0.6 is 11.3 Å². The van der Waals surface area contributed by atoms with Crippen LogP contribution in [-0.2, 0) is 13.6 Å². The first kappa shape index (κ1) is 23.5. The van der Waals surface area contributed by atoms with E-state index in [0.717, 1.165) is 10.0 Å². The second-order valence-electron chi connectivity index (χ2n) is 6.68. The Bertz CT molecular complexity index is 954. The largest absolute Gasteiger partial charge is 0.476 e. The van der Waals surface area contributed by atoms with E-state index in [1.807, 2.05) is 46.0 Å². The van der Waals surface area contributed by atoms with Crippen LogP contribution in [0.2, 0.25) is 0 Å². The van der Waals surface area contributed by atoms with E-state index in [2.05, 4.69) is 25.6 Å². The Kier molecular flexibility index (Phi) is 9.40. The van der Waals surface area contributed by atoms with Crippen molar-refractivity contribution in [2.24, 2.45) is 13.0 Å². The lowest BCUT2D eigenvalue weighted by Gasteiger charge is -2.09. The minimum absolute atomic E-state index is 0.185. The molecule has 0 spiro atoms. The van der Waals surface area contributed by atoms with Crippen molar-refractivity contribution in [2.75, 3.05) is 11.9 Å². The molecule has 1 fully saturated rings. The highest BCUT2D eigenvalue weighted by atomic mass is 32.1. The van der Waals surface area contributed by atoms with Crippen LogP contribution < -0.4 is 15.6 Å². The molecule has 3 heterocycles. The number of hydrogen-bond acceptors (Lipinski definition) is 8. The van der Waals surface area contributed by atoms with Crippen molar-refractivity contribution in [3.05, 3.63) is 56.5 Å². The van der Waals surface area contributed by atoms with Crippen molar-refractivity contribution < 1.29 is 4.74 Å². The summed E-state index contributed by atoms with van der Waals surface area (Å²) >= 11 is 1.50. The summed E-state index contributed by atoms with van der Waals surface area (Å²) in [5.74, 6) is 1.12. The predicted octanol–water partition coefficient (Wildman–Crippen LogP) is 3.76. The van der Waals surface area contributed by atoms with E-state index in [-0.39, 0.29) is 5.56 Å². The van der Waals surface area contributed by atoms with Crippen LogP contribution in [0, 0.1) is 19.8 Å². The third kappa shape index (κ3) is 7.90. The number of nitrogens with one attached hydrogen (secondary N) is 1. The van der Waals surface area contributed by atoms with Gasteiger partial charge in [-0.3, -0.25) is 9.78 Å². The second-order valence-corrected chi connectivity index (χ2v) is 7.94. The highest BCUT2D eigenvalue weighted by Gasteiger charge is 2.22. The van der Waals surface area contributed by atoms with Gasteiger partial charge in [-0.25, -0.2) is 4.68 Å². The maximum Gasteiger partial charge on any atom is 0.290 e. The third-order valence-corrected chi connectivity index (χ3v) is 4.85. The van der Waals surface area contributed by atoms with E-state index >= 15 is 0 Å². The van der Waals surface area contributed by atoms with E-state index in [1.165, 1.54) is 34.4 Å². The van der Waals surface area contributed by atoms with E-state index < -0.39 is 0 Å². The number of pyridine rings is 1. The first-order chi connectivity index (χ1) is 14.5. The lowest BCUT2D eigenvalue weighted by atomic mass is 10.3. The third-order valence-electron chi connectivity index (χ3n) is 4.01. The molecule has 0 saturated heterocycles. The van der Waals surface area contributed by atoms with Gasteiger partial charge in [0.25, 0.3) is 5.56 Å². The molecule has 30 heavy (non-hydrogen) atoms. The Morgan fingerprint density at radius 2 is 2.03 bits per heavy atom. The molecule has 0 bridgehead atoms. The fourth-order valence-electron chi connectivity index (χ4n) is 2.29. The van der Waals surface area contributed by atoms with E-state index in [9.17, 15) is 4.79 Å². The molecule has 0 radical (unpaired) electrons. The van der Waals surface area contributed by atoms with Gasteiger partial charge in [-0.2, -0.15) is 0 Å². The monoisotopic (exact) mass is 430 g/mol. The summed E-state index contributed by atoms with van der Waals surface area (Å²) in [6, 6.07) is 5.60. The summed E-state index contributed by atoms with van der Waals surface area (Å²) in [6.07, 6.45) is 6.04.